The molecular weight excluding hydrogens is 296 g/mol. The summed E-state index contributed by atoms with van der Waals surface area (Å²) in [6, 6.07) is 0. The third kappa shape index (κ3) is 3.40. The molecule has 20 heavy (non-hydrogen) atoms. The molecule has 2 amide bonds. The van der Waals surface area contributed by atoms with E-state index in [1.54, 1.807) is 19.4 Å². The Morgan fingerprint density at radius 2 is 2.10 bits per heavy atom. The number of rotatable bonds is 4. The second-order valence-electron chi connectivity index (χ2n) is 4.32. The Morgan fingerprint density at radius 1 is 1.35 bits per heavy atom. The predicted molar refractivity (Wildman–Crippen MR) is 79.3 cm³/mol. The van der Waals surface area contributed by atoms with E-state index in [2.05, 4.69) is 14.7 Å². The molecule has 0 saturated heterocycles. The van der Waals surface area contributed by atoms with Gasteiger partial charge in [0.25, 0.3) is 5.91 Å². The van der Waals surface area contributed by atoms with Gasteiger partial charge in [-0.15, -0.1) is 11.3 Å². The minimum atomic E-state index is -0.266. The zero-order valence-electron chi connectivity index (χ0n) is 11.3. The lowest BCUT2D eigenvalue weighted by atomic mass is 10.3. The Morgan fingerprint density at radius 3 is 2.65 bits per heavy atom. The molecule has 0 saturated carbocycles. The first-order valence-corrected chi connectivity index (χ1v) is 7.45. The van der Waals surface area contributed by atoms with Crippen LogP contribution in [0, 0.1) is 13.8 Å². The maximum Gasteiger partial charge on any atom is 0.266 e. The van der Waals surface area contributed by atoms with E-state index in [-0.39, 0.29) is 18.4 Å². The van der Waals surface area contributed by atoms with Gasteiger partial charge in [-0.2, -0.15) is 0 Å². The molecule has 2 aromatic heterocycles. The average molecular weight is 310 g/mol. The van der Waals surface area contributed by atoms with E-state index in [0.29, 0.717) is 10.0 Å². The molecule has 106 valence electrons. The summed E-state index contributed by atoms with van der Waals surface area (Å²) in [4.78, 5) is 31.0. The van der Waals surface area contributed by atoms with Crippen molar-refractivity contribution in [2.24, 2.45) is 0 Å². The third-order valence-electron chi connectivity index (χ3n) is 2.54. The van der Waals surface area contributed by atoms with Crippen LogP contribution in [0.5, 0.6) is 0 Å². The molecule has 6 nitrogen and oxygen atoms in total. The molecule has 1 N–H and O–H groups in total. The van der Waals surface area contributed by atoms with Crippen LogP contribution in [0.15, 0.2) is 12.4 Å². The first kappa shape index (κ1) is 14.6. The van der Waals surface area contributed by atoms with Gasteiger partial charge in [-0.1, -0.05) is 0 Å². The lowest BCUT2D eigenvalue weighted by Crippen LogP contribution is -2.34. The van der Waals surface area contributed by atoms with Crippen molar-refractivity contribution in [3.05, 3.63) is 27.7 Å². The molecule has 0 spiro atoms. The number of aryl methyl sites for hydroxylation is 2. The average Bonchev–Trinajstić information content (AvgIpc) is 2.97. The molecule has 0 aliphatic heterocycles. The minimum Gasteiger partial charge on any atom is -0.332 e. The number of hydrogen-bond donors (Lipinski definition) is 1. The number of amides is 2. The SMILES string of the molecule is Cc1cnc(NC(=O)CN(C)C(=O)c2sncc2C)s1. The van der Waals surface area contributed by atoms with Crippen molar-refractivity contribution in [3.63, 3.8) is 0 Å². The molecule has 0 aliphatic rings. The zero-order valence-corrected chi connectivity index (χ0v) is 13.0. The van der Waals surface area contributed by atoms with E-state index < -0.39 is 0 Å². The number of nitrogens with zero attached hydrogens (tertiary/aromatic N) is 3. The highest BCUT2D eigenvalue weighted by atomic mass is 32.1. The first-order chi connectivity index (χ1) is 9.47. The topological polar surface area (TPSA) is 75.2 Å². The number of aromatic nitrogens is 2. The third-order valence-corrected chi connectivity index (χ3v) is 4.26. The molecule has 0 aromatic carbocycles. The van der Waals surface area contributed by atoms with Crippen molar-refractivity contribution in [1.82, 2.24) is 14.3 Å². The van der Waals surface area contributed by atoms with Gasteiger partial charge in [0.15, 0.2) is 5.13 Å². The van der Waals surface area contributed by atoms with Gasteiger partial charge < -0.3 is 10.2 Å². The molecule has 0 atom stereocenters. The first-order valence-electron chi connectivity index (χ1n) is 5.86. The fraction of sp³-hybridized carbons (Fsp3) is 0.333. The van der Waals surface area contributed by atoms with Crippen LogP contribution in [-0.4, -0.2) is 39.7 Å². The molecular formula is C12H14N4O2S2. The number of nitrogens with one attached hydrogen (secondary N) is 1. The molecule has 0 radical (unpaired) electrons. The quantitative estimate of drug-likeness (QED) is 0.936. The van der Waals surface area contributed by atoms with Crippen molar-refractivity contribution in [3.8, 4) is 0 Å². The van der Waals surface area contributed by atoms with Crippen molar-refractivity contribution in [2.75, 3.05) is 18.9 Å². The van der Waals surface area contributed by atoms with Crippen molar-refractivity contribution < 1.29 is 9.59 Å². The second-order valence-corrected chi connectivity index (χ2v) is 6.36. The maximum atomic E-state index is 12.1. The highest BCUT2D eigenvalue weighted by molar-refractivity contribution is 7.15. The Kier molecular flexibility index (Phi) is 4.46. The number of hydrogen-bond acceptors (Lipinski definition) is 6. The fourth-order valence-corrected chi connectivity index (χ4v) is 2.96. The van der Waals surface area contributed by atoms with Crippen LogP contribution in [0.1, 0.15) is 20.1 Å². The summed E-state index contributed by atoms with van der Waals surface area (Å²) < 4.78 is 3.96. The van der Waals surface area contributed by atoms with Gasteiger partial charge in [0.05, 0.1) is 6.54 Å². The van der Waals surface area contributed by atoms with Gasteiger partial charge in [-0.25, -0.2) is 9.36 Å². The van der Waals surface area contributed by atoms with E-state index in [9.17, 15) is 9.59 Å². The number of likely N-dealkylation sites (N-methyl/N-ethyl adjacent to an activating group) is 1. The largest absolute Gasteiger partial charge is 0.332 e. The number of thiazole rings is 1. The van der Waals surface area contributed by atoms with Crippen LogP contribution in [0.3, 0.4) is 0 Å². The Hall–Kier alpha value is -1.80. The molecule has 0 unspecified atom stereocenters. The Balaban J connectivity index is 1.94. The van der Waals surface area contributed by atoms with Gasteiger partial charge in [-0.05, 0) is 30.9 Å². The number of carbonyl (C=O) groups is 2. The van der Waals surface area contributed by atoms with E-state index in [1.807, 2.05) is 13.8 Å². The van der Waals surface area contributed by atoms with Crippen molar-refractivity contribution in [2.45, 2.75) is 13.8 Å². The summed E-state index contributed by atoms with van der Waals surface area (Å²) in [7, 11) is 1.59. The van der Waals surface area contributed by atoms with Crippen LogP contribution in [0.2, 0.25) is 0 Å². The molecule has 0 fully saturated rings. The monoisotopic (exact) mass is 310 g/mol. The molecule has 0 bridgehead atoms. The molecule has 8 heteroatoms. The Labute approximate surface area is 124 Å². The number of anilines is 1. The summed E-state index contributed by atoms with van der Waals surface area (Å²) in [5.74, 6) is -0.465. The summed E-state index contributed by atoms with van der Waals surface area (Å²) in [5, 5.41) is 3.21. The second kappa shape index (κ2) is 6.10. The van der Waals surface area contributed by atoms with Gasteiger partial charge in [0, 0.05) is 24.3 Å². The van der Waals surface area contributed by atoms with Crippen molar-refractivity contribution >= 4 is 39.8 Å². The van der Waals surface area contributed by atoms with E-state index in [0.717, 1.165) is 22.0 Å². The summed E-state index contributed by atoms with van der Waals surface area (Å²) in [5.41, 5.74) is 0.822. The maximum absolute atomic E-state index is 12.1. The molecule has 2 aromatic rings. The highest BCUT2D eigenvalue weighted by Gasteiger charge is 2.19. The van der Waals surface area contributed by atoms with E-state index in [1.165, 1.54) is 16.2 Å². The smallest absolute Gasteiger partial charge is 0.266 e. The number of carbonyl (C=O) groups excluding carboxylic acids is 2. The van der Waals surface area contributed by atoms with Crippen LogP contribution < -0.4 is 5.32 Å². The predicted octanol–water partition coefficient (Wildman–Crippen LogP) is 1.93. The minimum absolute atomic E-state index is 0.0190. The fourth-order valence-electron chi connectivity index (χ4n) is 1.53. The zero-order chi connectivity index (χ0) is 14.7. The van der Waals surface area contributed by atoms with Gasteiger partial charge in [0.1, 0.15) is 4.88 Å². The lowest BCUT2D eigenvalue weighted by molar-refractivity contribution is -0.116. The van der Waals surface area contributed by atoms with Crippen LogP contribution in [-0.2, 0) is 4.79 Å². The normalized spacial score (nSPS) is 10.3. The molecule has 0 aliphatic carbocycles. The van der Waals surface area contributed by atoms with E-state index >= 15 is 0 Å². The van der Waals surface area contributed by atoms with Gasteiger partial charge in [0.2, 0.25) is 5.91 Å². The molecule has 2 heterocycles. The lowest BCUT2D eigenvalue weighted by Gasteiger charge is -2.15. The Bertz CT molecular complexity index is 635. The van der Waals surface area contributed by atoms with Crippen LogP contribution >= 0.6 is 22.9 Å². The molecule has 2 rings (SSSR count). The highest BCUT2D eigenvalue weighted by Crippen LogP contribution is 2.17. The summed E-state index contributed by atoms with van der Waals surface area (Å²) >= 11 is 2.53. The van der Waals surface area contributed by atoms with Crippen LogP contribution in [0.4, 0.5) is 5.13 Å². The van der Waals surface area contributed by atoms with Gasteiger partial charge >= 0.3 is 0 Å². The summed E-state index contributed by atoms with van der Waals surface area (Å²) in [6.07, 6.45) is 3.33. The van der Waals surface area contributed by atoms with E-state index in [4.69, 9.17) is 0 Å². The van der Waals surface area contributed by atoms with Gasteiger partial charge in [-0.3, -0.25) is 9.59 Å². The summed E-state index contributed by atoms with van der Waals surface area (Å²) in [6.45, 7) is 3.72. The standard InChI is InChI=1S/C12H14N4O2S2/c1-7-4-14-20-10(7)11(18)16(3)6-9(17)15-12-13-5-8(2)19-12/h4-5H,6H2,1-3H3,(H,13,15,17). The van der Waals surface area contributed by atoms with Crippen molar-refractivity contribution in [1.29, 1.82) is 0 Å². The van der Waals surface area contributed by atoms with Crippen LogP contribution in [0.25, 0.3) is 0 Å².